The number of imidazole rings is 1. The lowest BCUT2D eigenvalue weighted by Crippen LogP contribution is -2.29. The summed E-state index contributed by atoms with van der Waals surface area (Å²) in [6, 6.07) is 8.17. The fraction of sp³-hybridized carbons (Fsp3) is 0.462. The predicted molar refractivity (Wildman–Crippen MR) is 66.2 cm³/mol. The molecule has 0 saturated heterocycles. The highest BCUT2D eigenvalue weighted by molar-refractivity contribution is 5.78. The van der Waals surface area contributed by atoms with E-state index in [-0.39, 0.29) is 5.54 Å². The summed E-state index contributed by atoms with van der Waals surface area (Å²) in [5.74, 6) is 1.38. The van der Waals surface area contributed by atoms with Gasteiger partial charge in [0, 0.05) is 5.54 Å². The Balaban J connectivity index is 2.25. The van der Waals surface area contributed by atoms with Crippen LogP contribution in [0.1, 0.15) is 26.7 Å². The first-order valence-corrected chi connectivity index (χ1v) is 5.84. The molecule has 0 amide bonds. The second-order valence-corrected chi connectivity index (χ2v) is 5.22. The first kappa shape index (κ1) is 9.70. The third-order valence-electron chi connectivity index (χ3n) is 3.74. The maximum atomic E-state index is 6.06. The number of nitrogens with two attached hydrogens (primary N) is 1. The van der Waals surface area contributed by atoms with Gasteiger partial charge in [0.1, 0.15) is 0 Å². The number of para-hydroxylation sites is 2. The van der Waals surface area contributed by atoms with E-state index >= 15 is 0 Å². The number of rotatable bonds is 2. The summed E-state index contributed by atoms with van der Waals surface area (Å²) in [4.78, 5) is 4.43. The van der Waals surface area contributed by atoms with E-state index in [1.807, 2.05) is 18.2 Å². The van der Waals surface area contributed by atoms with Crippen molar-refractivity contribution in [3.05, 3.63) is 24.3 Å². The van der Waals surface area contributed by atoms with Gasteiger partial charge >= 0.3 is 0 Å². The first-order chi connectivity index (χ1) is 7.60. The Hall–Kier alpha value is -1.51. The standard InChI is InChI=1S/C13H17N3/c1-13(2,9-7-8-9)16-11-6-4-3-5-10(11)15-12(16)14/h3-6,9H,7-8H2,1-2H3,(H2,14,15). The molecule has 3 heteroatoms. The molecule has 1 aliphatic carbocycles. The highest BCUT2D eigenvalue weighted by Gasteiger charge is 2.40. The van der Waals surface area contributed by atoms with Gasteiger partial charge < -0.3 is 10.3 Å². The van der Waals surface area contributed by atoms with Crippen LogP contribution in [0, 0.1) is 5.92 Å². The van der Waals surface area contributed by atoms with E-state index in [4.69, 9.17) is 5.73 Å². The zero-order valence-electron chi connectivity index (χ0n) is 9.77. The van der Waals surface area contributed by atoms with Gasteiger partial charge in [-0.3, -0.25) is 0 Å². The van der Waals surface area contributed by atoms with Crippen LogP contribution < -0.4 is 5.73 Å². The number of nitrogen functional groups attached to an aromatic ring is 1. The highest BCUT2D eigenvalue weighted by atomic mass is 15.2. The van der Waals surface area contributed by atoms with Gasteiger partial charge in [0.2, 0.25) is 5.95 Å². The van der Waals surface area contributed by atoms with Crippen molar-refractivity contribution in [1.29, 1.82) is 0 Å². The van der Waals surface area contributed by atoms with Gasteiger partial charge in [0.25, 0.3) is 0 Å². The summed E-state index contributed by atoms with van der Waals surface area (Å²) in [5.41, 5.74) is 8.28. The molecule has 1 fully saturated rings. The van der Waals surface area contributed by atoms with Crippen molar-refractivity contribution in [2.75, 3.05) is 5.73 Å². The van der Waals surface area contributed by atoms with Crippen LogP contribution >= 0.6 is 0 Å². The smallest absolute Gasteiger partial charge is 0.201 e. The second-order valence-electron chi connectivity index (χ2n) is 5.22. The maximum Gasteiger partial charge on any atom is 0.201 e. The molecule has 16 heavy (non-hydrogen) atoms. The molecule has 0 radical (unpaired) electrons. The van der Waals surface area contributed by atoms with Crippen LogP contribution in [-0.2, 0) is 5.54 Å². The molecule has 2 N–H and O–H groups in total. The van der Waals surface area contributed by atoms with Gasteiger partial charge in [-0.05, 0) is 44.7 Å². The molecule has 0 bridgehead atoms. The molecule has 3 rings (SSSR count). The molecular weight excluding hydrogens is 198 g/mol. The molecule has 1 heterocycles. The topological polar surface area (TPSA) is 43.8 Å². The predicted octanol–water partition coefficient (Wildman–Crippen LogP) is 2.76. The summed E-state index contributed by atoms with van der Waals surface area (Å²) in [6.07, 6.45) is 2.61. The highest BCUT2D eigenvalue weighted by Crippen LogP contribution is 2.45. The van der Waals surface area contributed by atoms with Crippen LogP contribution in [0.25, 0.3) is 11.0 Å². The Kier molecular flexibility index (Phi) is 1.82. The molecule has 3 nitrogen and oxygen atoms in total. The first-order valence-electron chi connectivity index (χ1n) is 5.84. The fourth-order valence-corrected chi connectivity index (χ4v) is 2.62. The Bertz CT molecular complexity index is 535. The number of benzene rings is 1. The molecule has 0 unspecified atom stereocenters. The van der Waals surface area contributed by atoms with Gasteiger partial charge in [-0.2, -0.15) is 0 Å². The molecule has 1 aromatic heterocycles. The molecule has 0 spiro atoms. The minimum absolute atomic E-state index is 0.0835. The SMILES string of the molecule is CC(C)(C1CC1)n1c(N)nc2ccccc21. The Morgan fingerprint density at radius 2 is 2.00 bits per heavy atom. The van der Waals surface area contributed by atoms with Crippen LogP contribution in [0.15, 0.2) is 24.3 Å². The summed E-state index contributed by atoms with van der Waals surface area (Å²) in [5, 5.41) is 0. The number of fused-ring (bicyclic) bond motifs is 1. The minimum Gasteiger partial charge on any atom is -0.369 e. The lowest BCUT2D eigenvalue weighted by molar-refractivity contribution is 0.318. The van der Waals surface area contributed by atoms with Crippen LogP contribution in [0.3, 0.4) is 0 Å². The fourth-order valence-electron chi connectivity index (χ4n) is 2.62. The van der Waals surface area contributed by atoms with E-state index in [0.717, 1.165) is 17.0 Å². The summed E-state index contributed by atoms with van der Waals surface area (Å²) in [6.45, 7) is 4.52. The van der Waals surface area contributed by atoms with Crippen LogP contribution in [0.4, 0.5) is 5.95 Å². The summed E-state index contributed by atoms with van der Waals surface area (Å²) in [7, 11) is 0. The van der Waals surface area contributed by atoms with Crippen molar-refractivity contribution in [3.63, 3.8) is 0 Å². The summed E-state index contributed by atoms with van der Waals surface area (Å²) < 4.78 is 2.19. The quantitative estimate of drug-likeness (QED) is 0.837. The number of aromatic nitrogens is 2. The van der Waals surface area contributed by atoms with Gasteiger partial charge in [-0.15, -0.1) is 0 Å². The second kappa shape index (κ2) is 3.00. The van der Waals surface area contributed by atoms with Gasteiger partial charge in [-0.25, -0.2) is 4.98 Å². The molecule has 0 aliphatic heterocycles. The number of hydrogen-bond donors (Lipinski definition) is 1. The summed E-state index contributed by atoms with van der Waals surface area (Å²) >= 11 is 0. The molecule has 1 aliphatic rings. The molecule has 0 atom stereocenters. The van der Waals surface area contributed by atoms with E-state index in [9.17, 15) is 0 Å². The third-order valence-corrected chi connectivity index (χ3v) is 3.74. The van der Waals surface area contributed by atoms with Crippen molar-refractivity contribution in [2.24, 2.45) is 5.92 Å². The normalized spacial score (nSPS) is 16.9. The van der Waals surface area contributed by atoms with Crippen LogP contribution in [0.2, 0.25) is 0 Å². The van der Waals surface area contributed by atoms with Crippen LogP contribution in [0.5, 0.6) is 0 Å². The van der Waals surface area contributed by atoms with Gasteiger partial charge in [0.15, 0.2) is 0 Å². The Morgan fingerprint density at radius 1 is 1.31 bits per heavy atom. The van der Waals surface area contributed by atoms with Crippen LogP contribution in [-0.4, -0.2) is 9.55 Å². The van der Waals surface area contributed by atoms with Crippen molar-refractivity contribution in [1.82, 2.24) is 9.55 Å². The van der Waals surface area contributed by atoms with E-state index < -0.39 is 0 Å². The van der Waals surface area contributed by atoms with E-state index in [2.05, 4.69) is 29.5 Å². The molecule has 2 aromatic rings. The van der Waals surface area contributed by atoms with Crippen molar-refractivity contribution >= 4 is 17.0 Å². The maximum absolute atomic E-state index is 6.06. The number of anilines is 1. The minimum atomic E-state index is 0.0835. The Labute approximate surface area is 95.3 Å². The monoisotopic (exact) mass is 215 g/mol. The molecular formula is C13H17N3. The molecule has 84 valence electrons. The van der Waals surface area contributed by atoms with E-state index in [1.165, 1.54) is 12.8 Å². The largest absolute Gasteiger partial charge is 0.369 e. The third kappa shape index (κ3) is 1.24. The van der Waals surface area contributed by atoms with E-state index in [1.54, 1.807) is 0 Å². The van der Waals surface area contributed by atoms with E-state index in [0.29, 0.717) is 5.95 Å². The van der Waals surface area contributed by atoms with Crippen molar-refractivity contribution in [2.45, 2.75) is 32.2 Å². The van der Waals surface area contributed by atoms with Gasteiger partial charge in [0.05, 0.1) is 11.0 Å². The average Bonchev–Trinajstić information content (AvgIpc) is 3.00. The zero-order valence-corrected chi connectivity index (χ0v) is 9.77. The number of hydrogen-bond acceptors (Lipinski definition) is 2. The molecule has 1 saturated carbocycles. The van der Waals surface area contributed by atoms with Crippen molar-refractivity contribution in [3.8, 4) is 0 Å². The number of nitrogens with zero attached hydrogens (tertiary/aromatic N) is 2. The lowest BCUT2D eigenvalue weighted by atomic mass is 9.98. The zero-order chi connectivity index (χ0) is 11.3. The molecule has 1 aromatic carbocycles. The Morgan fingerprint density at radius 3 is 2.69 bits per heavy atom. The lowest BCUT2D eigenvalue weighted by Gasteiger charge is -2.28. The van der Waals surface area contributed by atoms with Gasteiger partial charge in [-0.1, -0.05) is 12.1 Å². The average molecular weight is 215 g/mol. The van der Waals surface area contributed by atoms with Crippen molar-refractivity contribution < 1.29 is 0 Å².